The number of Topliss-reactive ketones (excluding diaryl/α,β-unsaturated/α-hetero) is 1. The Morgan fingerprint density at radius 2 is 1.80 bits per heavy atom. The van der Waals surface area contributed by atoms with Crippen LogP contribution in [-0.2, 0) is 4.79 Å². The van der Waals surface area contributed by atoms with Crippen molar-refractivity contribution in [2.45, 2.75) is 31.7 Å². The number of carbonyl (C=O) groups is 1. The SMILES string of the molecule is [CH2]C(=O)C1CCC(N)CC1. The van der Waals surface area contributed by atoms with Crippen molar-refractivity contribution in [3.63, 3.8) is 0 Å². The molecule has 1 aliphatic rings. The lowest BCUT2D eigenvalue weighted by Crippen LogP contribution is -2.28. The second kappa shape index (κ2) is 3.15. The zero-order valence-electron chi connectivity index (χ0n) is 6.18. The Hall–Kier alpha value is -0.370. The minimum Gasteiger partial charge on any atom is -0.328 e. The molecule has 1 radical (unpaired) electrons. The molecular formula is C8H14NO. The summed E-state index contributed by atoms with van der Waals surface area (Å²) in [5.74, 6) is 0.298. The first-order chi connectivity index (χ1) is 4.70. The van der Waals surface area contributed by atoms with Crippen LogP contribution in [0.2, 0.25) is 0 Å². The maximum Gasteiger partial charge on any atom is 0.136 e. The first-order valence-electron chi connectivity index (χ1n) is 3.81. The predicted octanol–water partition coefficient (Wildman–Crippen LogP) is 0.907. The minimum absolute atomic E-state index is 0.0897. The second-order valence-electron chi connectivity index (χ2n) is 3.08. The molecule has 0 atom stereocenters. The van der Waals surface area contributed by atoms with E-state index in [0.717, 1.165) is 25.7 Å². The molecule has 1 rings (SSSR count). The topological polar surface area (TPSA) is 43.1 Å². The lowest BCUT2D eigenvalue weighted by molar-refractivity contribution is -0.119. The van der Waals surface area contributed by atoms with Gasteiger partial charge in [-0.25, -0.2) is 0 Å². The third-order valence-corrected chi connectivity index (χ3v) is 2.23. The van der Waals surface area contributed by atoms with Gasteiger partial charge in [0.2, 0.25) is 0 Å². The van der Waals surface area contributed by atoms with Crippen LogP contribution in [0.1, 0.15) is 25.7 Å². The Bertz CT molecular complexity index is 125. The fourth-order valence-corrected chi connectivity index (χ4v) is 1.44. The largest absolute Gasteiger partial charge is 0.328 e. The second-order valence-corrected chi connectivity index (χ2v) is 3.08. The quantitative estimate of drug-likeness (QED) is 0.588. The molecule has 57 valence electrons. The number of rotatable bonds is 1. The molecule has 1 aliphatic carbocycles. The lowest BCUT2D eigenvalue weighted by atomic mass is 9.84. The van der Waals surface area contributed by atoms with Crippen molar-refractivity contribution in [3.8, 4) is 0 Å². The van der Waals surface area contributed by atoms with Crippen LogP contribution in [0.25, 0.3) is 0 Å². The van der Waals surface area contributed by atoms with Gasteiger partial charge < -0.3 is 5.73 Å². The molecule has 0 aromatic carbocycles. The maximum atomic E-state index is 10.8. The van der Waals surface area contributed by atoms with Gasteiger partial charge in [0.1, 0.15) is 5.78 Å². The van der Waals surface area contributed by atoms with Crippen LogP contribution in [0.5, 0.6) is 0 Å². The molecule has 0 saturated heterocycles. The van der Waals surface area contributed by atoms with Crippen LogP contribution in [0.15, 0.2) is 0 Å². The molecule has 0 aromatic heterocycles. The van der Waals surface area contributed by atoms with Gasteiger partial charge in [-0.1, -0.05) is 0 Å². The van der Waals surface area contributed by atoms with Gasteiger partial charge in [-0.3, -0.25) is 4.79 Å². The van der Waals surface area contributed by atoms with E-state index >= 15 is 0 Å². The first kappa shape index (κ1) is 7.73. The summed E-state index contributed by atoms with van der Waals surface area (Å²) in [5.41, 5.74) is 5.67. The number of ketones is 1. The summed E-state index contributed by atoms with van der Waals surface area (Å²) in [7, 11) is 0. The van der Waals surface area contributed by atoms with Gasteiger partial charge in [0, 0.05) is 18.9 Å². The van der Waals surface area contributed by atoms with Gasteiger partial charge in [-0.2, -0.15) is 0 Å². The van der Waals surface area contributed by atoms with Gasteiger partial charge in [0.25, 0.3) is 0 Å². The van der Waals surface area contributed by atoms with Gasteiger partial charge in [0.05, 0.1) is 0 Å². The summed E-state index contributed by atoms with van der Waals surface area (Å²) in [6, 6.07) is 0.329. The number of hydrogen-bond donors (Lipinski definition) is 1. The highest BCUT2D eigenvalue weighted by molar-refractivity contribution is 5.84. The monoisotopic (exact) mass is 140 g/mol. The molecule has 2 nitrogen and oxygen atoms in total. The highest BCUT2D eigenvalue weighted by Gasteiger charge is 2.21. The summed E-state index contributed by atoms with van der Waals surface area (Å²) >= 11 is 0. The van der Waals surface area contributed by atoms with Crippen LogP contribution in [0.3, 0.4) is 0 Å². The van der Waals surface area contributed by atoms with Crippen molar-refractivity contribution in [1.82, 2.24) is 0 Å². The summed E-state index contributed by atoms with van der Waals surface area (Å²) in [6.07, 6.45) is 3.88. The molecular weight excluding hydrogens is 126 g/mol. The average Bonchev–Trinajstić information content (AvgIpc) is 1.88. The van der Waals surface area contributed by atoms with Crippen molar-refractivity contribution < 1.29 is 4.79 Å². The van der Waals surface area contributed by atoms with Crippen molar-refractivity contribution in [1.29, 1.82) is 0 Å². The van der Waals surface area contributed by atoms with Crippen LogP contribution >= 0.6 is 0 Å². The molecule has 1 fully saturated rings. The van der Waals surface area contributed by atoms with Gasteiger partial charge in [-0.05, 0) is 25.7 Å². The Morgan fingerprint density at radius 1 is 1.30 bits per heavy atom. The van der Waals surface area contributed by atoms with Crippen molar-refractivity contribution in [2.24, 2.45) is 11.7 Å². The van der Waals surface area contributed by atoms with E-state index in [9.17, 15) is 4.79 Å². The van der Waals surface area contributed by atoms with Crippen LogP contribution < -0.4 is 5.73 Å². The molecule has 0 spiro atoms. The molecule has 1 saturated carbocycles. The van der Waals surface area contributed by atoms with Crippen molar-refractivity contribution in [3.05, 3.63) is 6.92 Å². The fraction of sp³-hybridized carbons (Fsp3) is 0.750. The molecule has 2 heteroatoms. The highest BCUT2D eigenvalue weighted by Crippen LogP contribution is 2.23. The molecule has 0 unspecified atom stereocenters. The van der Waals surface area contributed by atoms with E-state index in [1.54, 1.807) is 0 Å². The molecule has 0 aliphatic heterocycles. The van der Waals surface area contributed by atoms with Crippen LogP contribution in [-0.4, -0.2) is 11.8 Å². The van der Waals surface area contributed by atoms with Gasteiger partial charge in [-0.15, -0.1) is 0 Å². The number of carbonyl (C=O) groups excluding carboxylic acids is 1. The van der Waals surface area contributed by atoms with E-state index in [1.165, 1.54) is 0 Å². The molecule has 10 heavy (non-hydrogen) atoms. The van der Waals surface area contributed by atoms with Gasteiger partial charge >= 0.3 is 0 Å². The average molecular weight is 140 g/mol. The number of nitrogens with two attached hydrogens (primary N) is 1. The third kappa shape index (κ3) is 1.81. The Balaban J connectivity index is 2.33. The van der Waals surface area contributed by atoms with E-state index in [1.807, 2.05) is 0 Å². The highest BCUT2D eigenvalue weighted by atomic mass is 16.1. The zero-order valence-corrected chi connectivity index (χ0v) is 6.18. The summed E-state index contributed by atoms with van der Waals surface area (Å²) < 4.78 is 0. The lowest BCUT2D eigenvalue weighted by Gasteiger charge is -2.23. The number of hydrogen-bond acceptors (Lipinski definition) is 2. The van der Waals surface area contributed by atoms with E-state index in [0.29, 0.717) is 6.04 Å². The van der Waals surface area contributed by atoms with E-state index in [-0.39, 0.29) is 11.7 Å². The minimum atomic E-state index is 0.0897. The molecule has 0 aromatic rings. The molecule has 0 bridgehead atoms. The molecule has 0 heterocycles. The van der Waals surface area contributed by atoms with E-state index < -0.39 is 0 Å². The fourth-order valence-electron chi connectivity index (χ4n) is 1.44. The first-order valence-corrected chi connectivity index (χ1v) is 3.81. The Kier molecular flexibility index (Phi) is 2.44. The zero-order chi connectivity index (χ0) is 7.56. The Morgan fingerprint density at radius 3 is 2.20 bits per heavy atom. The van der Waals surface area contributed by atoms with Crippen LogP contribution in [0, 0.1) is 12.8 Å². The Labute approximate surface area is 61.8 Å². The smallest absolute Gasteiger partial charge is 0.136 e. The maximum absolute atomic E-state index is 10.8. The van der Waals surface area contributed by atoms with Crippen LogP contribution in [0.4, 0.5) is 0 Å². The summed E-state index contributed by atoms with van der Waals surface area (Å²) in [6.45, 7) is 3.41. The predicted molar refractivity (Wildman–Crippen MR) is 40.3 cm³/mol. The van der Waals surface area contributed by atoms with Gasteiger partial charge in [0.15, 0.2) is 0 Å². The third-order valence-electron chi connectivity index (χ3n) is 2.23. The molecule has 0 amide bonds. The van der Waals surface area contributed by atoms with Crippen molar-refractivity contribution >= 4 is 5.78 Å². The standard InChI is InChI=1S/C8H14NO/c1-6(10)7-2-4-8(9)5-3-7/h7-8H,1-5,9H2. The summed E-state index contributed by atoms with van der Waals surface area (Å²) in [5, 5.41) is 0. The van der Waals surface area contributed by atoms with E-state index in [2.05, 4.69) is 6.92 Å². The summed E-state index contributed by atoms with van der Waals surface area (Å²) in [4.78, 5) is 10.8. The van der Waals surface area contributed by atoms with E-state index in [4.69, 9.17) is 5.73 Å². The van der Waals surface area contributed by atoms with Crippen molar-refractivity contribution in [2.75, 3.05) is 0 Å². The normalized spacial score (nSPS) is 33.8. The molecule has 2 N–H and O–H groups in total.